The summed E-state index contributed by atoms with van der Waals surface area (Å²) in [5.41, 5.74) is 1.43. The molecule has 0 saturated carbocycles. The van der Waals surface area contributed by atoms with Gasteiger partial charge in [-0.15, -0.1) is 0 Å². The van der Waals surface area contributed by atoms with Gasteiger partial charge in [0.1, 0.15) is 17.4 Å². The number of aromatic nitrogens is 2. The molecule has 116 valence electrons. The number of nitriles is 1. The largest absolute Gasteiger partial charge is 0.494 e. The maximum atomic E-state index is 13.3. The first kappa shape index (κ1) is 15.0. The molecule has 0 spiro atoms. The molecule has 4 nitrogen and oxygen atoms in total. The van der Waals surface area contributed by atoms with Gasteiger partial charge >= 0.3 is 0 Å². The molecule has 2 aromatic carbocycles. The Bertz CT molecular complexity index is 837. The second kappa shape index (κ2) is 6.93. The molecule has 0 N–H and O–H groups in total. The Morgan fingerprint density at radius 1 is 1.17 bits per heavy atom. The second-order valence-corrected chi connectivity index (χ2v) is 5.16. The van der Waals surface area contributed by atoms with Gasteiger partial charge in [-0.25, -0.2) is 9.37 Å². The van der Waals surface area contributed by atoms with Gasteiger partial charge in [0.2, 0.25) is 0 Å². The predicted molar refractivity (Wildman–Crippen MR) is 85.6 cm³/mol. The third-order valence-electron chi connectivity index (χ3n) is 3.56. The Morgan fingerprint density at radius 3 is 2.78 bits per heavy atom. The minimum Gasteiger partial charge on any atom is -0.494 e. The molecule has 0 atom stereocenters. The molecule has 5 heteroatoms. The van der Waals surface area contributed by atoms with Crippen LogP contribution in [0.5, 0.6) is 5.75 Å². The number of imidazole rings is 1. The molecule has 3 aromatic rings. The van der Waals surface area contributed by atoms with E-state index in [0.29, 0.717) is 24.5 Å². The monoisotopic (exact) mass is 309 g/mol. The summed E-state index contributed by atoms with van der Waals surface area (Å²) >= 11 is 0. The van der Waals surface area contributed by atoms with Gasteiger partial charge in [-0.1, -0.05) is 18.2 Å². The molecule has 1 aromatic heterocycles. The fourth-order valence-electron chi connectivity index (χ4n) is 2.54. The lowest BCUT2D eigenvalue weighted by Crippen LogP contribution is -2.07. The van der Waals surface area contributed by atoms with Gasteiger partial charge < -0.3 is 9.30 Å². The summed E-state index contributed by atoms with van der Waals surface area (Å²) in [7, 11) is 0. The number of hydrogen-bond acceptors (Lipinski definition) is 3. The summed E-state index contributed by atoms with van der Waals surface area (Å²) in [4.78, 5) is 4.36. The van der Waals surface area contributed by atoms with Gasteiger partial charge in [-0.3, -0.25) is 0 Å². The number of benzene rings is 2. The van der Waals surface area contributed by atoms with E-state index in [1.165, 1.54) is 12.1 Å². The fraction of sp³-hybridized carbons (Fsp3) is 0.222. The molecule has 0 fully saturated rings. The Labute approximate surface area is 133 Å². The number of hydrogen-bond donors (Lipinski definition) is 0. The molecule has 1 heterocycles. The van der Waals surface area contributed by atoms with Gasteiger partial charge in [-0.05, 0) is 30.7 Å². The highest BCUT2D eigenvalue weighted by Crippen LogP contribution is 2.18. The standard InChI is InChI=1S/C18H16FN3O/c19-14-7-8-17-16(13-14)21-18(9-10-20)22(17)11-4-12-23-15-5-2-1-3-6-15/h1-3,5-8,13H,4,9,11-12H2. The van der Waals surface area contributed by atoms with Crippen LogP contribution in [0.3, 0.4) is 0 Å². The molecule has 0 radical (unpaired) electrons. The van der Waals surface area contributed by atoms with Crippen LogP contribution in [0.4, 0.5) is 4.39 Å². The van der Waals surface area contributed by atoms with Gasteiger partial charge in [0.15, 0.2) is 0 Å². The zero-order chi connectivity index (χ0) is 16.1. The van der Waals surface area contributed by atoms with Crippen molar-refractivity contribution >= 4 is 11.0 Å². The number of para-hydroxylation sites is 1. The lowest BCUT2D eigenvalue weighted by molar-refractivity contribution is 0.302. The first-order chi connectivity index (χ1) is 11.3. The van der Waals surface area contributed by atoms with E-state index < -0.39 is 0 Å². The summed E-state index contributed by atoms with van der Waals surface area (Å²) in [6.07, 6.45) is 0.978. The first-order valence-corrected chi connectivity index (χ1v) is 7.47. The summed E-state index contributed by atoms with van der Waals surface area (Å²) in [5.74, 6) is 1.17. The molecule has 0 amide bonds. The lowest BCUT2D eigenvalue weighted by Gasteiger charge is -2.09. The summed E-state index contributed by atoms with van der Waals surface area (Å²) in [6, 6.07) is 16.2. The second-order valence-electron chi connectivity index (χ2n) is 5.16. The molecule has 0 bridgehead atoms. The lowest BCUT2D eigenvalue weighted by atomic mass is 10.3. The Kier molecular flexibility index (Phi) is 4.53. The number of aryl methyl sites for hydroxylation is 1. The van der Waals surface area contributed by atoms with Crippen LogP contribution in [0.1, 0.15) is 12.2 Å². The van der Waals surface area contributed by atoms with Crippen molar-refractivity contribution in [2.24, 2.45) is 0 Å². The maximum absolute atomic E-state index is 13.3. The Balaban J connectivity index is 1.71. The number of rotatable bonds is 6. The quantitative estimate of drug-likeness (QED) is 0.652. The SMILES string of the molecule is N#CCc1nc2cc(F)ccc2n1CCCOc1ccccc1. The van der Waals surface area contributed by atoms with Crippen LogP contribution in [0.25, 0.3) is 11.0 Å². The number of halogens is 1. The van der Waals surface area contributed by atoms with E-state index in [4.69, 9.17) is 10.00 Å². The molecule has 3 rings (SSSR count). The van der Waals surface area contributed by atoms with E-state index in [1.807, 2.05) is 34.9 Å². The molecular formula is C18H16FN3O. The number of fused-ring (bicyclic) bond motifs is 1. The first-order valence-electron chi connectivity index (χ1n) is 7.47. The van der Waals surface area contributed by atoms with Crippen LogP contribution in [0.15, 0.2) is 48.5 Å². The zero-order valence-electron chi connectivity index (χ0n) is 12.6. The van der Waals surface area contributed by atoms with Crippen LogP contribution in [0, 0.1) is 17.1 Å². The molecule has 0 aliphatic carbocycles. The molecule has 0 aliphatic heterocycles. The zero-order valence-corrected chi connectivity index (χ0v) is 12.6. The van der Waals surface area contributed by atoms with E-state index in [1.54, 1.807) is 6.07 Å². The van der Waals surface area contributed by atoms with Crippen molar-refractivity contribution in [1.29, 1.82) is 5.26 Å². The normalized spacial score (nSPS) is 10.6. The molecule has 0 unspecified atom stereocenters. The summed E-state index contributed by atoms with van der Waals surface area (Å²) in [6.45, 7) is 1.24. The molecule has 0 aliphatic rings. The summed E-state index contributed by atoms with van der Waals surface area (Å²) < 4.78 is 21.0. The van der Waals surface area contributed by atoms with E-state index in [9.17, 15) is 4.39 Å². The maximum Gasteiger partial charge on any atom is 0.125 e. The average Bonchev–Trinajstić information content (AvgIpc) is 2.89. The highest BCUT2D eigenvalue weighted by Gasteiger charge is 2.11. The van der Waals surface area contributed by atoms with E-state index in [0.717, 1.165) is 17.7 Å². The smallest absolute Gasteiger partial charge is 0.125 e. The van der Waals surface area contributed by atoms with E-state index in [2.05, 4.69) is 11.1 Å². The van der Waals surface area contributed by atoms with Crippen molar-refractivity contribution in [1.82, 2.24) is 9.55 Å². The van der Waals surface area contributed by atoms with Crippen molar-refractivity contribution in [2.45, 2.75) is 19.4 Å². The predicted octanol–water partition coefficient (Wildman–Crippen LogP) is 3.71. The highest BCUT2D eigenvalue weighted by atomic mass is 19.1. The van der Waals surface area contributed by atoms with Crippen molar-refractivity contribution < 1.29 is 9.13 Å². The van der Waals surface area contributed by atoms with Crippen LogP contribution in [0.2, 0.25) is 0 Å². The van der Waals surface area contributed by atoms with Crippen LogP contribution in [-0.2, 0) is 13.0 Å². The van der Waals surface area contributed by atoms with Gasteiger partial charge in [-0.2, -0.15) is 5.26 Å². The number of nitrogens with zero attached hydrogens (tertiary/aromatic N) is 3. The third-order valence-corrected chi connectivity index (χ3v) is 3.56. The van der Waals surface area contributed by atoms with Gasteiger partial charge in [0, 0.05) is 12.6 Å². The Hall–Kier alpha value is -2.87. The Morgan fingerprint density at radius 2 is 2.00 bits per heavy atom. The van der Waals surface area contributed by atoms with Crippen LogP contribution >= 0.6 is 0 Å². The minimum atomic E-state index is -0.321. The van der Waals surface area contributed by atoms with Crippen LogP contribution in [-0.4, -0.2) is 16.2 Å². The van der Waals surface area contributed by atoms with Crippen molar-refractivity contribution in [3.8, 4) is 11.8 Å². The number of ether oxygens (including phenoxy) is 1. The van der Waals surface area contributed by atoms with E-state index in [-0.39, 0.29) is 12.2 Å². The van der Waals surface area contributed by atoms with Crippen molar-refractivity contribution in [3.63, 3.8) is 0 Å². The van der Waals surface area contributed by atoms with Gasteiger partial charge in [0.25, 0.3) is 0 Å². The molecular weight excluding hydrogens is 293 g/mol. The fourth-order valence-corrected chi connectivity index (χ4v) is 2.54. The summed E-state index contributed by atoms with van der Waals surface area (Å²) in [5, 5.41) is 8.94. The van der Waals surface area contributed by atoms with Gasteiger partial charge in [0.05, 0.1) is 30.1 Å². The van der Waals surface area contributed by atoms with E-state index >= 15 is 0 Å². The third kappa shape index (κ3) is 3.49. The van der Waals surface area contributed by atoms with Crippen molar-refractivity contribution in [3.05, 3.63) is 60.2 Å². The molecule has 23 heavy (non-hydrogen) atoms. The topological polar surface area (TPSA) is 50.8 Å². The van der Waals surface area contributed by atoms with Crippen molar-refractivity contribution in [2.75, 3.05) is 6.61 Å². The highest BCUT2D eigenvalue weighted by molar-refractivity contribution is 5.76. The minimum absolute atomic E-state index is 0.204. The molecule has 0 saturated heterocycles. The average molecular weight is 309 g/mol. The van der Waals surface area contributed by atoms with Crippen LogP contribution < -0.4 is 4.74 Å².